The van der Waals surface area contributed by atoms with Gasteiger partial charge in [-0.05, 0) is 23.6 Å². The van der Waals surface area contributed by atoms with Gasteiger partial charge in [-0.2, -0.15) is 0 Å². The maximum absolute atomic E-state index is 10.7. The zero-order valence-electron chi connectivity index (χ0n) is 25.2. The molecule has 0 radical (unpaired) electrons. The Kier molecular flexibility index (Phi) is 21.3. The second kappa shape index (κ2) is 23.7. The van der Waals surface area contributed by atoms with Crippen molar-refractivity contribution in [1.82, 2.24) is 0 Å². The molecule has 40 heavy (non-hydrogen) atoms. The molecule has 0 atom stereocenters. The number of carbonyl (C=O) groups excluding carboxylic acids is 1. The van der Waals surface area contributed by atoms with Gasteiger partial charge in [0, 0.05) is 18.6 Å². The van der Waals surface area contributed by atoms with E-state index in [4.69, 9.17) is 5.11 Å². The van der Waals surface area contributed by atoms with Crippen LogP contribution in [0.15, 0.2) is 42.5 Å². The van der Waals surface area contributed by atoms with Crippen molar-refractivity contribution in [2.45, 2.75) is 103 Å². The van der Waals surface area contributed by atoms with Crippen molar-refractivity contribution >= 4 is 16.7 Å². The van der Waals surface area contributed by atoms with Crippen molar-refractivity contribution in [3.63, 3.8) is 0 Å². The minimum atomic E-state index is -1.13. The van der Waals surface area contributed by atoms with Crippen LogP contribution in [0.3, 0.4) is 0 Å². The minimum Gasteiger partial charge on any atom is -0.545 e. The molecule has 6 nitrogen and oxygen atoms in total. The van der Waals surface area contributed by atoms with Crippen LogP contribution < -0.4 is 5.11 Å². The van der Waals surface area contributed by atoms with Crippen LogP contribution in [0.2, 0.25) is 0 Å². The number of unbranched alkanes of at least 4 members (excludes halogenated alkanes) is 13. The molecule has 2 aromatic carbocycles. The Bertz CT molecular complexity index is 876. The molecule has 0 fully saturated rings. The molecule has 0 aliphatic heterocycles. The standard InChI is InChI=1S/C23H50NO3.C11H8O2/c1-2-3-4-5-6-7-8-9-10-11-12-13-14-15-17-24(19-22-26,20-23-27)18-16-21-25;12-11(13)10-7-3-5-8-4-1-2-6-9(8)10/h25-27H,2-23H2,1H3;1-7H,(H,12,13)/q+1;/p-1. The number of quaternary nitrogens is 1. The van der Waals surface area contributed by atoms with Crippen LogP contribution >= 0.6 is 0 Å². The highest BCUT2D eigenvalue weighted by Gasteiger charge is 2.25. The number of carboxylic acids is 1. The molecular formula is C34H57NO5. The topological polar surface area (TPSA) is 101 Å². The lowest BCUT2D eigenvalue weighted by Gasteiger charge is -2.38. The molecule has 0 unspecified atom stereocenters. The summed E-state index contributed by atoms with van der Waals surface area (Å²) in [5.41, 5.74) is 0.248. The fourth-order valence-corrected chi connectivity index (χ4v) is 5.55. The third kappa shape index (κ3) is 15.7. The van der Waals surface area contributed by atoms with Gasteiger partial charge in [0.25, 0.3) is 0 Å². The largest absolute Gasteiger partial charge is 0.545 e. The number of hydrogen-bond acceptors (Lipinski definition) is 5. The van der Waals surface area contributed by atoms with Gasteiger partial charge in [0.1, 0.15) is 13.1 Å². The molecule has 0 amide bonds. The van der Waals surface area contributed by atoms with E-state index in [1.54, 1.807) is 18.2 Å². The smallest absolute Gasteiger partial charge is 0.102 e. The summed E-state index contributed by atoms with van der Waals surface area (Å²) in [6, 6.07) is 12.5. The second-order valence-corrected chi connectivity index (χ2v) is 11.2. The number of rotatable bonds is 23. The van der Waals surface area contributed by atoms with E-state index in [2.05, 4.69) is 6.92 Å². The lowest BCUT2D eigenvalue weighted by atomic mass is 10.0. The van der Waals surface area contributed by atoms with Crippen molar-refractivity contribution in [2.75, 3.05) is 46.0 Å². The number of nitrogens with zero attached hydrogens (tertiary/aromatic N) is 1. The first-order valence-electron chi connectivity index (χ1n) is 15.9. The lowest BCUT2D eigenvalue weighted by molar-refractivity contribution is -0.929. The molecule has 2 rings (SSSR count). The molecule has 0 aliphatic carbocycles. The van der Waals surface area contributed by atoms with Crippen molar-refractivity contribution < 1.29 is 29.7 Å². The molecule has 0 saturated heterocycles. The Morgan fingerprint density at radius 1 is 0.600 bits per heavy atom. The Balaban J connectivity index is 0.000000504. The fourth-order valence-electron chi connectivity index (χ4n) is 5.55. The first-order chi connectivity index (χ1) is 19.5. The Morgan fingerprint density at radius 3 is 1.57 bits per heavy atom. The summed E-state index contributed by atoms with van der Waals surface area (Å²) < 4.78 is 0.756. The van der Waals surface area contributed by atoms with E-state index < -0.39 is 5.97 Å². The summed E-state index contributed by atoms with van der Waals surface area (Å²) in [6.45, 7) is 6.04. The predicted molar refractivity (Wildman–Crippen MR) is 164 cm³/mol. The molecule has 0 aliphatic rings. The molecule has 0 heterocycles. The summed E-state index contributed by atoms with van der Waals surface area (Å²) in [6.07, 6.45) is 19.8. The minimum absolute atomic E-state index is 0.157. The van der Waals surface area contributed by atoms with Crippen LogP contribution in [-0.4, -0.2) is 71.8 Å². The predicted octanol–water partition coefficient (Wildman–Crippen LogP) is 5.85. The first-order valence-corrected chi connectivity index (χ1v) is 15.9. The number of aliphatic hydroxyl groups excluding tert-OH is 3. The highest BCUT2D eigenvalue weighted by molar-refractivity contribution is 6.02. The van der Waals surface area contributed by atoms with Gasteiger partial charge in [-0.1, -0.05) is 126 Å². The lowest BCUT2D eigenvalue weighted by Crippen LogP contribution is -2.53. The Morgan fingerprint density at radius 2 is 1.07 bits per heavy atom. The highest BCUT2D eigenvalue weighted by atomic mass is 16.4. The summed E-state index contributed by atoms with van der Waals surface area (Å²) in [5, 5.41) is 40.2. The Labute approximate surface area is 243 Å². The highest BCUT2D eigenvalue weighted by Crippen LogP contribution is 2.18. The maximum atomic E-state index is 10.7. The van der Waals surface area contributed by atoms with Crippen molar-refractivity contribution in [3.05, 3.63) is 48.0 Å². The van der Waals surface area contributed by atoms with Crippen molar-refractivity contribution in [1.29, 1.82) is 0 Å². The van der Waals surface area contributed by atoms with Crippen LogP contribution in [0.5, 0.6) is 0 Å². The molecule has 0 bridgehead atoms. The van der Waals surface area contributed by atoms with Crippen LogP contribution in [0.25, 0.3) is 10.8 Å². The molecule has 228 valence electrons. The molecule has 2 aromatic rings. The number of hydrogen-bond donors (Lipinski definition) is 3. The fraction of sp³-hybridized carbons (Fsp3) is 0.676. The van der Waals surface area contributed by atoms with Gasteiger partial charge < -0.3 is 29.7 Å². The van der Waals surface area contributed by atoms with E-state index in [1.807, 2.05) is 24.3 Å². The van der Waals surface area contributed by atoms with Gasteiger partial charge in [-0.3, -0.25) is 0 Å². The van der Waals surface area contributed by atoms with E-state index in [-0.39, 0.29) is 25.4 Å². The zero-order chi connectivity index (χ0) is 29.3. The summed E-state index contributed by atoms with van der Waals surface area (Å²) >= 11 is 0. The molecule has 6 heteroatoms. The average Bonchev–Trinajstić information content (AvgIpc) is 2.96. The van der Waals surface area contributed by atoms with Gasteiger partial charge in [0.05, 0.1) is 32.3 Å². The summed E-state index contributed by atoms with van der Waals surface area (Å²) in [4.78, 5) is 10.7. The molecule has 0 saturated carbocycles. The first kappa shape index (κ1) is 36.0. The number of fused-ring (bicyclic) bond motifs is 1. The van der Waals surface area contributed by atoms with Crippen molar-refractivity contribution in [2.24, 2.45) is 0 Å². The second-order valence-electron chi connectivity index (χ2n) is 11.2. The van der Waals surface area contributed by atoms with Gasteiger partial charge in [0.2, 0.25) is 0 Å². The van der Waals surface area contributed by atoms with E-state index in [0.29, 0.717) is 13.1 Å². The quantitative estimate of drug-likeness (QED) is 0.117. The van der Waals surface area contributed by atoms with Crippen LogP contribution in [-0.2, 0) is 0 Å². The van der Waals surface area contributed by atoms with Gasteiger partial charge in [-0.15, -0.1) is 0 Å². The average molecular weight is 560 g/mol. The molecule has 0 aromatic heterocycles. The number of carbonyl (C=O) groups is 1. The third-order valence-electron chi connectivity index (χ3n) is 7.93. The number of carboxylic acid groups (broad SMARTS) is 1. The van der Waals surface area contributed by atoms with Crippen LogP contribution in [0.1, 0.15) is 114 Å². The monoisotopic (exact) mass is 559 g/mol. The number of aromatic carboxylic acids is 1. The Hall–Kier alpha value is -1.99. The van der Waals surface area contributed by atoms with E-state index in [0.717, 1.165) is 41.2 Å². The molecule has 0 spiro atoms. The normalized spacial score (nSPS) is 11.4. The number of aliphatic hydroxyl groups is 3. The van der Waals surface area contributed by atoms with Crippen molar-refractivity contribution in [3.8, 4) is 0 Å². The van der Waals surface area contributed by atoms with E-state index in [9.17, 15) is 20.1 Å². The zero-order valence-corrected chi connectivity index (χ0v) is 25.2. The van der Waals surface area contributed by atoms with Crippen LogP contribution in [0, 0.1) is 0 Å². The van der Waals surface area contributed by atoms with E-state index >= 15 is 0 Å². The van der Waals surface area contributed by atoms with E-state index in [1.165, 1.54) is 83.5 Å². The SMILES string of the molecule is CCCCCCCCCCCCCCCC[N+](CCO)(CCO)CCCO.O=C([O-])c1cccc2ccccc12. The third-order valence-corrected chi connectivity index (χ3v) is 7.93. The maximum Gasteiger partial charge on any atom is 0.102 e. The van der Waals surface area contributed by atoms with Gasteiger partial charge in [0.15, 0.2) is 0 Å². The van der Waals surface area contributed by atoms with Gasteiger partial charge >= 0.3 is 0 Å². The molecule has 3 N–H and O–H groups in total. The summed E-state index contributed by atoms with van der Waals surface area (Å²) in [5.74, 6) is -1.13. The summed E-state index contributed by atoms with van der Waals surface area (Å²) in [7, 11) is 0. The molecular weight excluding hydrogens is 502 g/mol. The number of benzene rings is 2. The van der Waals surface area contributed by atoms with Gasteiger partial charge in [-0.25, -0.2) is 0 Å². The van der Waals surface area contributed by atoms with Crippen LogP contribution in [0.4, 0.5) is 0 Å².